The van der Waals surface area contributed by atoms with Crippen LogP contribution in [-0.4, -0.2) is 6.54 Å². The molecule has 3 aromatic carbocycles. The molecule has 136 valence electrons. The molecule has 1 heterocycles. The molecular weight excluding hydrogens is 398 g/mol. The summed E-state index contributed by atoms with van der Waals surface area (Å²) in [4.78, 5) is 0.345. The largest absolute Gasteiger partial charge is 0.286 e. The molecular formula is C23H22BrN3. The van der Waals surface area contributed by atoms with E-state index >= 15 is 0 Å². The maximum absolute atomic E-state index is 3.63. The Morgan fingerprint density at radius 2 is 1.44 bits per heavy atom. The number of nitrogens with zero attached hydrogens (tertiary/aromatic N) is 2. The lowest BCUT2D eigenvalue weighted by Crippen LogP contribution is -2.52. The third kappa shape index (κ3) is 4.07. The summed E-state index contributed by atoms with van der Waals surface area (Å²) in [7, 11) is 0. The summed E-state index contributed by atoms with van der Waals surface area (Å²) < 4.78 is 0. The highest BCUT2D eigenvalue weighted by Crippen LogP contribution is 2.28. The zero-order valence-electron chi connectivity index (χ0n) is 15.2. The second-order valence-corrected chi connectivity index (χ2v) is 7.99. The number of halogens is 1. The van der Waals surface area contributed by atoms with Crippen LogP contribution in [0.1, 0.15) is 22.9 Å². The molecule has 0 saturated heterocycles. The van der Waals surface area contributed by atoms with Gasteiger partial charge in [-0.2, -0.15) is 0 Å². The molecule has 3 aromatic rings. The van der Waals surface area contributed by atoms with Crippen molar-refractivity contribution in [1.82, 2.24) is 5.53 Å². The summed E-state index contributed by atoms with van der Waals surface area (Å²) in [5, 5.41) is 4.25. The van der Waals surface area contributed by atoms with Crippen molar-refractivity contribution in [2.45, 2.75) is 11.8 Å². The SMILES string of the molecule is CC(Br)c1ccc(N2C=C(c3ccccc3)CN(c3ccccc3)N2)cc1. The van der Waals surface area contributed by atoms with Gasteiger partial charge in [-0.15, -0.1) is 5.53 Å². The van der Waals surface area contributed by atoms with Gasteiger partial charge in [0.1, 0.15) is 0 Å². The first-order chi connectivity index (χ1) is 13.2. The van der Waals surface area contributed by atoms with Crippen molar-refractivity contribution >= 4 is 32.9 Å². The van der Waals surface area contributed by atoms with E-state index in [1.54, 1.807) is 0 Å². The predicted octanol–water partition coefficient (Wildman–Crippen LogP) is 5.93. The maximum Gasteiger partial charge on any atom is 0.0633 e. The molecule has 1 atom stereocenters. The van der Waals surface area contributed by atoms with Gasteiger partial charge in [0.2, 0.25) is 0 Å². The molecule has 3 nitrogen and oxygen atoms in total. The van der Waals surface area contributed by atoms with Crippen LogP contribution < -0.4 is 15.6 Å². The normalized spacial score (nSPS) is 15.4. The van der Waals surface area contributed by atoms with E-state index in [9.17, 15) is 0 Å². The van der Waals surface area contributed by atoms with Gasteiger partial charge in [0, 0.05) is 11.0 Å². The first-order valence-corrected chi connectivity index (χ1v) is 10.0. The van der Waals surface area contributed by atoms with E-state index in [2.05, 4.69) is 123 Å². The highest BCUT2D eigenvalue weighted by molar-refractivity contribution is 9.09. The lowest BCUT2D eigenvalue weighted by atomic mass is 10.1. The minimum Gasteiger partial charge on any atom is -0.286 e. The summed E-state index contributed by atoms with van der Waals surface area (Å²) in [6, 6.07) is 29.6. The van der Waals surface area contributed by atoms with E-state index in [4.69, 9.17) is 0 Å². The summed E-state index contributed by atoms with van der Waals surface area (Å²) in [5.74, 6) is 0. The van der Waals surface area contributed by atoms with Gasteiger partial charge >= 0.3 is 0 Å². The highest BCUT2D eigenvalue weighted by Gasteiger charge is 2.20. The standard InChI is InChI=1S/C23H22BrN3/c1-18(24)19-12-14-23(15-13-19)27-17-21(20-8-4-2-5-9-20)16-26(25-27)22-10-6-3-7-11-22/h2-15,17-18,25H,16H2,1H3. The third-order valence-corrected chi connectivity index (χ3v) is 5.21. The van der Waals surface area contributed by atoms with Gasteiger partial charge < -0.3 is 0 Å². The van der Waals surface area contributed by atoms with E-state index in [0.29, 0.717) is 4.83 Å². The predicted molar refractivity (Wildman–Crippen MR) is 118 cm³/mol. The molecule has 1 unspecified atom stereocenters. The van der Waals surface area contributed by atoms with Crippen molar-refractivity contribution in [3.05, 3.63) is 102 Å². The van der Waals surface area contributed by atoms with E-state index in [-0.39, 0.29) is 0 Å². The lowest BCUT2D eigenvalue weighted by molar-refractivity contribution is 0.645. The number of rotatable bonds is 4. The molecule has 1 N–H and O–H groups in total. The van der Waals surface area contributed by atoms with Gasteiger partial charge in [0.25, 0.3) is 0 Å². The van der Waals surface area contributed by atoms with Gasteiger partial charge in [0.15, 0.2) is 0 Å². The number of para-hydroxylation sites is 1. The molecule has 4 rings (SSSR count). The number of hydrazine groups is 2. The van der Waals surface area contributed by atoms with Crippen molar-refractivity contribution in [2.75, 3.05) is 16.6 Å². The molecule has 4 heteroatoms. The highest BCUT2D eigenvalue weighted by atomic mass is 79.9. The number of hydrogen-bond donors (Lipinski definition) is 1. The molecule has 0 saturated carbocycles. The van der Waals surface area contributed by atoms with Crippen molar-refractivity contribution < 1.29 is 0 Å². The molecule has 1 aliphatic rings. The van der Waals surface area contributed by atoms with Crippen LogP contribution in [0.15, 0.2) is 91.1 Å². The van der Waals surface area contributed by atoms with E-state index < -0.39 is 0 Å². The van der Waals surface area contributed by atoms with E-state index in [1.807, 2.05) is 6.07 Å². The van der Waals surface area contributed by atoms with Crippen LogP contribution in [0.25, 0.3) is 5.57 Å². The van der Waals surface area contributed by atoms with Crippen LogP contribution >= 0.6 is 15.9 Å². The molecule has 0 bridgehead atoms. The fourth-order valence-corrected chi connectivity index (χ4v) is 3.47. The Bertz CT molecular complexity index is 905. The molecule has 0 amide bonds. The Kier molecular flexibility index (Phi) is 5.28. The minimum absolute atomic E-state index is 0.345. The van der Waals surface area contributed by atoms with Gasteiger partial charge in [-0.1, -0.05) is 76.6 Å². The van der Waals surface area contributed by atoms with Crippen molar-refractivity contribution in [1.29, 1.82) is 0 Å². The van der Waals surface area contributed by atoms with Crippen LogP contribution in [0.3, 0.4) is 0 Å². The fourth-order valence-electron chi connectivity index (χ4n) is 3.17. The average molecular weight is 420 g/mol. The summed E-state index contributed by atoms with van der Waals surface area (Å²) in [6.07, 6.45) is 2.18. The van der Waals surface area contributed by atoms with Gasteiger partial charge in [-0.3, -0.25) is 10.0 Å². The molecule has 0 spiro atoms. The number of alkyl halides is 1. The second-order valence-electron chi connectivity index (χ2n) is 6.62. The summed E-state index contributed by atoms with van der Waals surface area (Å²) >= 11 is 3.63. The molecule has 27 heavy (non-hydrogen) atoms. The molecule has 0 fully saturated rings. The Morgan fingerprint density at radius 3 is 2.07 bits per heavy atom. The number of nitrogens with one attached hydrogen (secondary N) is 1. The zero-order valence-corrected chi connectivity index (χ0v) is 16.8. The molecule has 0 radical (unpaired) electrons. The molecule has 0 aliphatic carbocycles. The minimum atomic E-state index is 0.345. The van der Waals surface area contributed by atoms with E-state index in [0.717, 1.165) is 17.9 Å². The topological polar surface area (TPSA) is 18.5 Å². The second kappa shape index (κ2) is 7.99. The number of anilines is 2. The Balaban J connectivity index is 1.70. The molecule has 0 aromatic heterocycles. The van der Waals surface area contributed by atoms with Crippen LogP contribution in [0, 0.1) is 0 Å². The van der Waals surface area contributed by atoms with E-state index in [1.165, 1.54) is 16.7 Å². The lowest BCUT2D eigenvalue weighted by Gasteiger charge is -2.37. The Labute approximate surface area is 169 Å². The molecule has 1 aliphatic heterocycles. The Hall–Kier alpha value is -2.56. The van der Waals surface area contributed by atoms with Gasteiger partial charge in [0.05, 0.1) is 17.9 Å². The quantitative estimate of drug-likeness (QED) is 0.528. The summed E-state index contributed by atoms with van der Waals surface area (Å²) in [5.41, 5.74) is 9.50. The summed E-state index contributed by atoms with van der Waals surface area (Å²) in [6.45, 7) is 2.93. The number of benzene rings is 3. The first kappa shape index (κ1) is 17.8. The van der Waals surface area contributed by atoms with Crippen LogP contribution in [0.4, 0.5) is 11.4 Å². The average Bonchev–Trinajstić information content (AvgIpc) is 2.75. The van der Waals surface area contributed by atoms with Gasteiger partial charge in [-0.25, -0.2) is 0 Å². The van der Waals surface area contributed by atoms with Crippen molar-refractivity contribution in [3.8, 4) is 0 Å². The van der Waals surface area contributed by atoms with Gasteiger partial charge in [-0.05, 0) is 47.9 Å². The Morgan fingerprint density at radius 1 is 0.815 bits per heavy atom. The fraction of sp³-hybridized carbons (Fsp3) is 0.130. The van der Waals surface area contributed by atoms with Crippen LogP contribution in [-0.2, 0) is 0 Å². The zero-order chi connectivity index (χ0) is 18.6. The third-order valence-electron chi connectivity index (χ3n) is 4.68. The number of hydrogen-bond acceptors (Lipinski definition) is 3. The smallest absolute Gasteiger partial charge is 0.0633 e. The van der Waals surface area contributed by atoms with Crippen LogP contribution in [0.2, 0.25) is 0 Å². The first-order valence-electron chi connectivity index (χ1n) is 9.09. The monoisotopic (exact) mass is 419 g/mol. The van der Waals surface area contributed by atoms with Crippen molar-refractivity contribution in [3.63, 3.8) is 0 Å². The maximum atomic E-state index is 3.63. The van der Waals surface area contributed by atoms with Crippen molar-refractivity contribution in [2.24, 2.45) is 0 Å². The van der Waals surface area contributed by atoms with Crippen LogP contribution in [0.5, 0.6) is 0 Å².